The first-order chi connectivity index (χ1) is 8.14. The molecule has 0 N–H and O–H groups in total. The van der Waals surface area contributed by atoms with Crippen LogP contribution in [0.1, 0.15) is 39.3 Å². The number of rotatable bonds is 3. The van der Waals surface area contributed by atoms with Crippen molar-refractivity contribution in [2.45, 2.75) is 39.2 Å². The molecule has 3 nitrogen and oxygen atoms in total. The van der Waals surface area contributed by atoms with Gasteiger partial charge < -0.3 is 4.74 Å². The largest absolute Gasteiger partial charge is 0.483 e. The highest BCUT2D eigenvalue weighted by molar-refractivity contribution is 6.26. The van der Waals surface area contributed by atoms with E-state index in [4.69, 9.17) is 4.74 Å². The van der Waals surface area contributed by atoms with Crippen molar-refractivity contribution in [3.05, 3.63) is 35.8 Å². The zero-order valence-electron chi connectivity index (χ0n) is 10.5. The maximum absolute atomic E-state index is 12.5. The fourth-order valence-electron chi connectivity index (χ4n) is 2.30. The summed E-state index contributed by atoms with van der Waals surface area (Å²) in [6.07, 6.45) is 3.08. The van der Waals surface area contributed by atoms with Gasteiger partial charge in [0, 0.05) is 6.20 Å². The lowest BCUT2D eigenvalue weighted by Crippen LogP contribution is -2.35. The van der Waals surface area contributed by atoms with Gasteiger partial charge in [-0.25, -0.2) is 0 Å². The lowest BCUT2D eigenvalue weighted by atomic mass is 9.88. The van der Waals surface area contributed by atoms with Crippen molar-refractivity contribution >= 4 is 11.4 Å². The van der Waals surface area contributed by atoms with E-state index in [0.717, 1.165) is 0 Å². The van der Waals surface area contributed by atoms with Gasteiger partial charge in [-0.1, -0.05) is 19.9 Å². The number of allylic oxidation sites excluding steroid dienone is 1. The molecule has 1 aromatic rings. The van der Waals surface area contributed by atoms with Gasteiger partial charge in [-0.15, -0.1) is 0 Å². The van der Waals surface area contributed by atoms with Crippen LogP contribution in [0, 0.1) is 0 Å². The molecule has 0 spiro atoms. The van der Waals surface area contributed by atoms with Crippen LogP contribution < -0.4 is 0 Å². The number of Topliss-reactive ketones (excluding diaryl/α,β-unsaturated/α-hetero) is 1. The van der Waals surface area contributed by atoms with Gasteiger partial charge >= 0.3 is 0 Å². The van der Waals surface area contributed by atoms with Crippen molar-refractivity contribution in [1.29, 1.82) is 0 Å². The van der Waals surface area contributed by atoms with Crippen molar-refractivity contribution in [3.8, 4) is 0 Å². The average Bonchev–Trinajstić information content (AvgIpc) is 2.62. The molecule has 0 saturated carbocycles. The molecule has 2 rings (SSSR count). The zero-order valence-corrected chi connectivity index (χ0v) is 10.5. The number of ether oxygens (including phenoxy) is 1. The van der Waals surface area contributed by atoms with Crippen LogP contribution in [0.25, 0.3) is 5.57 Å². The van der Waals surface area contributed by atoms with Gasteiger partial charge in [0.15, 0.2) is 5.60 Å². The van der Waals surface area contributed by atoms with Crippen molar-refractivity contribution in [2.75, 3.05) is 0 Å². The maximum Gasteiger partial charge on any atom is 0.211 e. The summed E-state index contributed by atoms with van der Waals surface area (Å²) in [5.74, 6) is 0.760. The van der Waals surface area contributed by atoms with E-state index in [1.807, 2.05) is 39.0 Å². The van der Waals surface area contributed by atoms with Gasteiger partial charge in [0.1, 0.15) is 5.76 Å². The second kappa shape index (κ2) is 4.32. The molecule has 0 unspecified atom stereocenters. The summed E-state index contributed by atoms with van der Waals surface area (Å²) in [5, 5.41) is 0. The van der Waals surface area contributed by atoms with E-state index in [0.29, 0.717) is 29.9 Å². The first-order valence-electron chi connectivity index (χ1n) is 6.00. The summed E-state index contributed by atoms with van der Waals surface area (Å²) in [7, 11) is 0. The molecule has 3 heteroatoms. The van der Waals surface area contributed by atoms with Crippen molar-refractivity contribution in [1.82, 2.24) is 4.98 Å². The summed E-state index contributed by atoms with van der Waals surface area (Å²) in [4.78, 5) is 16.7. The second-order valence-electron chi connectivity index (χ2n) is 4.28. The van der Waals surface area contributed by atoms with E-state index >= 15 is 0 Å². The Kier molecular flexibility index (Phi) is 3.01. The summed E-state index contributed by atoms with van der Waals surface area (Å²) >= 11 is 0. The summed E-state index contributed by atoms with van der Waals surface area (Å²) < 4.78 is 5.82. The zero-order chi connectivity index (χ0) is 12.5. The predicted octanol–water partition coefficient (Wildman–Crippen LogP) is 2.97. The molecule has 1 aromatic heterocycles. The Morgan fingerprint density at radius 3 is 2.47 bits per heavy atom. The van der Waals surface area contributed by atoms with Gasteiger partial charge in [0.05, 0.1) is 11.3 Å². The van der Waals surface area contributed by atoms with Crippen molar-refractivity contribution in [2.24, 2.45) is 0 Å². The molecule has 0 saturated heterocycles. The quantitative estimate of drug-likeness (QED) is 0.802. The van der Waals surface area contributed by atoms with E-state index in [1.165, 1.54) is 0 Å². The number of aromatic nitrogens is 1. The average molecular weight is 231 g/mol. The fourth-order valence-corrected chi connectivity index (χ4v) is 2.30. The van der Waals surface area contributed by atoms with Crippen LogP contribution in [0.5, 0.6) is 0 Å². The Balaban J connectivity index is 2.44. The molecule has 17 heavy (non-hydrogen) atoms. The number of nitrogens with zero attached hydrogens (tertiary/aromatic N) is 1. The molecule has 0 amide bonds. The van der Waals surface area contributed by atoms with Gasteiger partial charge in [0.2, 0.25) is 5.78 Å². The second-order valence-corrected chi connectivity index (χ2v) is 4.28. The highest BCUT2D eigenvalue weighted by atomic mass is 16.5. The molecule has 1 aliphatic rings. The van der Waals surface area contributed by atoms with E-state index < -0.39 is 5.60 Å². The van der Waals surface area contributed by atoms with Crippen molar-refractivity contribution in [3.63, 3.8) is 0 Å². The number of hydrogen-bond acceptors (Lipinski definition) is 3. The molecule has 0 fully saturated rings. The third-order valence-electron chi connectivity index (χ3n) is 3.40. The monoisotopic (exact) mass is 231 g/mol. The van der Waals surface area contributed by atoms with Crippen LogP contribution in [0.3, 0.4) is 0 Å². The predicted molar refractivity (Wildman–Crippen MR) is 66.2 cm³/mol. The Morgan fingerprint density at radius 2 is 2.00 bits per heavy atom. The minimum absolute atomic E-state index is 0.0682. The summed E-state index contributed by atoms with van der Waals surface area (Å²) in [5.41, 5.74) is 0.671. The number of ketones is 1. The van der Waals surface area contributed by atoms with Crippen LogP contribution >= 0.6 is 0 Å². The van der Waals surface area contributed by atoms with Crippen LogP contribution in [-0.4, -0.2) is 16.4 Å². The Bertz CT molecular complexity index is 458. The number of pyridine rings is 1. The third kappa shape index (κ3) is 1.75. The van der Waals surface area contributed by atoms with Crippen LogP contribution in [-0.2, 0) is 9.53 Å². The van der Waals surface area contributed by atoms with Crippen LogP contribution in [0.2, 0.25) is 0 Å². The topological polar surface area (TPSA) is 39.2 Å². The number of hydrogen-bond donors (Lipinski definition) is 0. The molecule has 0 aliphatic carbocycles. The molecule has 0 aromatic carbocycles. The summed E-state index contributed by atoms with van der Waals surface area (Å²) in [6.45, 7) is 5.81. The molecule has 90 valence electrons. The Labute approximate surface area is 102 Å². The molecule has 0 bridgehead atoms. The smallest absolute Gasteiger partial charge is 0.211 e. The van der Waals surface area contributed by atoms with Gasteiger partial charge in [-0.3, -0.25) is 9.78 Å². The Hall–Kier alpha value is -1.64. The van der Waals surface area contributed by atoms with Crippen LogP contribution in [0.4, 0.5) is 0 Å². The molecule has 0 radical (unpaired) electrons. The fraction of sp³-hybridized carbons (Fsp3) is 0.429. The lowest BCUT2D eigenvalue weighted by Gasteiger charge is -2.24. The van der Waals surface area contributed by atoms with Crippen LogP contribution in [0.15, 0.2) is 30.2 Å². The number of carbonyl (C=O) groups excluding carboxylic acids is 1. The Morgan fingerprint density at radius 1 is 1.29 bits per heavy atom. The minimum atomic E-state index is -0.670. The number of carbonyl (C=O) groups is 1. The standard InChI is InChI=1S/C14H17NO2/c1-4-14(5-2)13(16)12(10(3)17-14)11-8-6-7-9-15-11/h6-9H,4-5H2,1-3H3. The van der Waals surface area contributed by atoms with Gasteiger partial charge in [-0.05, 0) is 31.9 Å². The molecule has 2 heterocycles. The highest BCUT2D eigenvalue weighted by Crippen LogP contribution is 2.39. The summed E-state index contributed by atoms with van der Waals surface area (Å²) in [6, 6.07) is 5.57. The van der Waals surface area contributed by atoms with E-state index in [2.05, 4.69) is 4.98 Å². The van der Waals surface area contributed by atoms with E-state index in [-0.39, 0.29) is 5.78 Å². The van der Waals surface area contributed by atoms with E-state index in [1.54, 1.807) is 6.20 Å². The minimum Gasteiger partial charge on any atom is -0.483 e. The third-order valence-corrected chi connectivity index (χ3v) is 3.40. The molecule has 1 aliphatic heterocycles. The normalized spacial score (nSPS) is 18.4. The first kappa shape index (κ1) is 11.8. The van der Waals surface area contributed by atoms with Crippen molar-refractivity contribution < 1.29 is 9.53 Å². The lowest BCUT2D eigenvalue weighted by molar-refractivity contribution is -0.130. The molecular weight excluding hydrogens is 214 g/mol. The molecular formula is C14H17NO2. The highest BCUT2D eigenvalue weighted by Gasteiger charge is 2.46. The maximum atomic E-state index is 12.5. The van der Waals surface area contributed by atoms with E-state index in [9.17, 15) is 4.79 Å². The van der Waals surface area contributed by atoms with Gasteiger partial charge in [0.25, 0.3) is 0 Å². The molecule has 0 atom stereocenters. The first-order valence-corrected chi connectivity index (χ1v) is 6.00. The van der Waals surface area contributed by atoms with Gasteiger partial charge in [-0.2, -0.15) is 0 Å². The SMILES string of the molecule is CCC1(CC)OC(C)=C(c2ccccn2)C1=O.